The van der Waals surface area contributed by atoms with Crippen LogP contribution in [0.2, 0.25) is 0 Å². The van der Waals surface area contributed by atoms with Gasteiger partial charge in [0.05, 0.1) is 12.0 Å². The van der Waals surface area contributed by atoms with Crippen LogP contribution in [-0.2, 0) is 4.79 Å². The van der Waals surface area contributed by atoms with Gasteiger partial charge in [-0.05, 0) is 19.3 Å². The van der Waals surface area contributed by atoms with Crippen molar-refractivity contribution in [3.8, 4) is 0 Å². The SMILES string of the molecule is O=C1[C@@H]2CCC[C@@]1([N+](=O)[O-])CC[C@H]2O. The van der Waals surface area contributed by atoms with E-state index in [9.17, 15) is 20.0 Å². The summed E-state index contributed by atoms with van der Waals surface area (Å²) < 4.78 is 0. The first-order valence-corrected chi connectivity index (χ1v) is 4.95. The predicted octanol–water partition coefficient (Wildman–Crippen LogP) is 0.526. The van der Waals surface area contributed by atoms with E-state index in [0.717, 1.165) is 0 Å². The Kier molecular flexibility index (Phi) is 2.06. The van der Waals surface area contributed by atoms with E-state index in [4.69, 9.17) is 0 Å². The zero-order chi connectivity index (χ0) is 10.3. The van der Waals surface area contributed by atoms with Crippen molar-refractivity contribution in [1.82, 2.24) is 0 Å². The maximum absolute atomic E-state index is 11.8. The van der Waals surface area contributed by atoms with Gasteiger partial charge in [0.1, 0.15) is 0 Å². The van der Waals surface area contributed by atoms with Gasteiger partial charge in [0.25, 0.3) is 5.54 Å². The van der Waals surface area contributed by atoms with Gasteiger partial charge in [0, 0.05) is 17.8 Å². The van der Waals surface area contributed by atoms with Crippen molar-refractivity contribution in [2.45, 2.75) is 43.7 Å². The van der Waals surface area contributed by atoms with Crippen LogP contribution >= 0.6 is 0 Å². The molecule has 3 atom stereocenters. The van der Waals surface area contributed by atoms with Crippen LogP contribution in [0.4, 0.5) is 0 Å². The molecule has 14 heavy (non-hydrogen) atoms. The average molecular weight is 199 g/mol. The van der Waals surface area contributed by atoms with Gasteiger partial charge in [-0.15, -0.1) is 0 Å². The molecule has 2 saturated carbocycles. The molecule has 0 aromatic heterocycles. The lowest BCUT2D eigenvalue weighted by atomic mass is 9.65. The predicted molar refractivity (Wildman–Crippen MR) is 47.3 cm³/mol. The lowest BCUT2D eigenvalue weighted by Gasteiger charge is -2.39. The number of aliphatic hydroxyl groups excluding tert-OH is 1. The number of fused-ring (bicyclic) bond motifs is 2. The van der Waals surface area contributed by atoms with Crippen molar-refractivity contribution in [3.63, 3.8) is 0 Å². The average Bonchev–Trinajstić information content (AvgIpc) is 2.12. The van der Waals surface area contributed by atoms with Gasteiger partial charge in [0.2, 0.25) is 5.78 Å². The van der Waals surface area contributed by atoms with Crippen LogP contribution in [-0.4, -0.2) is 27.5 Å². The lowest BCUT2D eigenvalue weighted by Crippen LogP contribution is -2.58. The molecule has 2 aliphatic carbocycles. The fourth-order valence-corrected chi connectivity index (χ4v) is 2.69. The molecular formula is C9H13NO4. The van der Waals surface area contributed by atoms with Crippen molar-refractivity contribution < 1.29 is 14.8 Å². The summed E-state index contributed by atoms with van der Waals surface area (Å²) in [7, 11) is 0. The number of nitro groups is 1. The topological polar surface area (TPSA) is 80.4 Å². The van der Waals surface area contributed by atoms with Gasteiger partial charge in [0.15, 0.2) is 0 Å². The molecule has 0 aliphatic heterocycles. The van der Waals surface area contributed by atoms with Crippen molar-refractivity contribution in [2.75, 3.05) is 0 Å². The molecule has 78 valence electrons. The first-order valence-electron chi connectivity index (χ1n) is 4.95. The van der Waals surface area contributed by atoms with E-state index in [-0.39, 0.29) is 12.2 Å². The standard InChI is InChI=1S/C9H13NO4/c11-7-3-5-9(10(13)14)4-1-2-6(7)8(9)12/h6-7,11H,1-5H2/t6-,7-,9-/m1/s1. The van der Waals surface area contributed by atoms with Crippen molar-refractivity contribution in [1.29, 1.82) is 0 Å². The van der Waals surface area contributed by atoms with Crippen molar-refractivity contribution in [2.24, 2.45) is 5.92 Å². The fraction of sp³-hybridized carbons (Fsp3) is 0.889. The minimum absolute atomic E-state index is 0.205. The third kappa shape index (κ3) is 1.08. The molecule has 5 heteroatoms. The zero-order valence-electron chi connectivity index (χ0n) is 7.81. The van der Waals surface area contributed by atoms with E-state index >= 15 is 0 Å². The number of Topliss-reactive ketones (excluding diaryl/α,β-unsaturated/α-hetero) is 1. The van der Waals surface area contributed by atoms with Gasteiger partial charge in [-0.3, -0.25) is 14.9 Å². The summed E-state index contributed by atoms with van der Waals surface area (Å²) in [6.07, 6.45) is 1.57. The Labute approximate surface area is 81.3 Å². The number of nitrogens with zero attached hydrogens (tertiary/aromatic N) is 1. The highest BCUT2D eigenvalue weighted by atomic mass is 16.6. The molecule has 2 fully saturated rings. The van der Waals surface area contributed by atoms with Crippen LogP contribution in [0.5, 0.6) is 0 Å². The summed E-state index contributed by atoms with van der Waals surface area (Å²) >= 11 is 0. The van der Waals surface area contributed by atoms with Crippen LogP contribution < -0.4 is 0 Å². The van der Waals surface area contributed by atoms with Crippen LogP contribution in [0.3, 0.4) is 0 Å². The Morgan fingerprint density at radius 2 is 2.14 bits per heavy atom. The summed E-state index contributed by atoms with van der Waals surface area (Å²) in [6.45, 7) is 0. The first-order chi connectivity index (χ1) is 6.58. The molecular weight excluding hydrogens is 186 g/mol. The van der Waals surface area contributed by atoms with E-state index in [1.807, 2.05) is 0 Å². The van der Waals surface area contributed by atoms with Crippen LogP contribution in [0.15, 0.2) is 0 Å². The van der Waals surface area contributed by atoms with Gasteiger partial charge in [-0.25, -0.2) is 0 Å². The Bertz CT molecular complexity index is 291. The van der Waals surface area contributed by atoms with Gasteiger partial charge in [-0.1, -0.05) is 0 Å². The molecule has 0 heterocycles. The third-order valence-electron chi connectivity index (χ3n) is 3.57. The minimum atomic E-state index is -1.36. The number of ketones is 1. The molecule has 0 aromatic rings. The summed E-state index contributed by atoms with van der Waals surface area (Å²) in [5.41, 5.74) is -1.36. The van der Waals surface area contributed by atoms with Crippen molar-refractivity contribution >= 4 is 5.78 Å². The molecule has 2 aliphatic rings. The largest absolute Gasteiger partial charge is 0.392 e. The lowest BCUT2D eigenvalue weighted by molar-refractivity contribution is -0.559. The second kappa shape index (κ2) is 3.02. The van der Waals surface area contributed by atoms with Crippen molar-refractivity contribution in [3.05, 3.63) is 10.1 Å². The van der Waals surface area contributed by atoms with Crippen LogP contribution in [0.1, 0.15) is 32.1 Å². The highest BCUT2D eigenvalue weighted by Gasteiger charge is 2.59. The van der Waals surface area contributed by atoms with E-state index < -0.39 is 22.5 Å². The Morgan fingerprint density at radius 1 is 1.43 bits per heavy atom. The summed E-state index contributed by atoms with van der Waals surface area (Å²) in [5.74, 6) is -0.824. The maximum Gasteiger partial charge on any atom is 0.279 e. The number of hydrogen-bond donors (Lipinski definition) is 1. The first kappa shape index (κ1) is 9.58. The highest BCUT2D eigenvalue weighted by molar-refractivity contribution is 5.91. The maximum atomic E-state index is 11.8. The molecule has 0 spiro atoms. The molecule has 5 nitrogen and oxygen atoms in total. The molecule has 2 rings (SSSR count). The molecule has 1 N–H and O–H groups in total. The molecule has 0 aromatic carbocycles. The minimum Gasteiger partial charge on any atom is -0.392 e. The third-order valence-corrected chi connectivity index (χ3v) is 3.57. The van der Waals surface area contributed by atoms with E-state index in [1.165, 1.54) is 0 Å². The molecule has 2 bridgehead atoms. The quantitative estimate of drug-likeness (QED) is 0.493. The second-order valence-electron chi connectivity index (χ2n) is 4.26. The zero-order valence-corrected chi connectivity index (χ0v) is 7.81. The van der Waals surface area contributed by atoms with Gasteiger partial charge < -0.3 is 5.11 Å². The summed E-state index contributed by atoms with van der Waals surface area (Å²) in [5, 5.41) is 20.5. The Balaban J connectivity index is 2.34. The summed E-state index contributed by atoms with van der Waals surface area (Å²) in [6, 6.07) is 0. The molecule has 0 amide bonds. The molecule has 0 saturated heterocycles. The van der Waals surface area contributed by atoms with E-state index in [0.29, 0.717) is 25.7 Å². The number of carbonyl (C=O) groups is 1. The number of carbonyl (C=O) groups excluding carboxylic acids is 1. The monoisotopic (exact) mass is 199 g/mol. The van der Waals surface area contributed by atoms with Crippen LogP contribution in [0, 0.1) is 16.0 Å². The van der Waals surface area contributed by atoms with Gasteiger partial charge in [-0.2, -0.15) is 0 Å². The summed E-state index contributed by atoms with van der Waals surface area (Å²) in [4.78, 5) is 22.2. The Hall–Kier alpha value is -0.970. The smallest absolute Gasteiger partial charge is 0.279 e. The van der Waals surface area contributed by atoms with Crippen LogP contribution in [0.25, 0.3) is 0 Å². The normalized spacial score (nSPS) is 42.2. The molecule has 0 unspecified atom stereocenters. The molecule has 0 radical (unpaired) electrons. The number of aliphatic hydroxyl groups is 1. The van der Waals surface area contributed by atoms with Gasteiger partial charge >= 0.3 is 0 Å². The second-order valence-corrected chi connectivity index (χ2v) is 4.26. The number of rotatable bonds is 1. The fourth-order valence-electron chi connectivity index (χ4n) is 2.69. The van der Waals surface area contributed by atoms with E-state index in [1.54, 1.807) is 0 Å². The highest BCUT2D eigenvalue weighted by Crippen LogP contribution is 2.41. The Morgan fingerprint density at radius 3 is 2.79 bits per heavy atom. The number of hydrogen-bond acceptors (Lipinski definition) is 4. The van der Waals surface area contributed by atoms with E-state index in [2.05, 4.69) is 0 Å².